The van der Waals surface area contributed by atoms with Crippen molar-refractivity contribution in [3.8, 4) is 5.75 Å². The lowest BCUT2D eigenvalue weighted by atomic mass is 9.97. The van der Waals surface area contributed by atoms with Gasteiger partial charge in [-0.25, -0.2) is 4.39 Å². The van der Waals surface area contributed by atoms with Crippen molar-refractivity contribution >= 4 is 0 Å². The summed E-state index contributed by atoms with van der Waals surface area (Å²) in [6.45, 7) is 1.33. The molecule has 0 fully saturated rings. The molecular formula is C11H11F4O. The van der Waals surface area contributed by atoms with E-state index in [1.54, 1.807) is 0 Å². The molecule has 0 amide bonds. The zero-order valence-electron chi connectivity index (χ0n) is 8.86. The molecule has 5 heteroatoms. The van der Waals surface area contributed by atoms with Crippen LogP contribution in [0, 0.1) is 11.7 Å². The van der Waals surface area contributed by atoms with Crippen molar-refractivity contribution in [2.24, 2.45) is 0 Å². The number of hydrogen-bond acceptors (Lipinski definition) is 1. The average Bonchev–Trinajstić information content (AvgIpc) is 2.15. The Kier molecular flexibility index (Phi) is 3.78. The number of halogens is 4. The van der Waals surface area contributed by atoms with Crippen molar-refractivity contribution in [1.29, 1.82) is 0 Å². The summed E-state index contributed by atoms with van der Waals surface area (Å²) in [6.07, 6.45) is -5.32. The van der Waals surface area contributed by atoms with Gasteiger partial charge in [-0.1, -0.05) is 13.0 Å². The van der Waals surface area contributed by atoms with E-state index in [1.807, 2.05) is 0 Å². The summed E-state index contributed by atoms with van der Waals surface area (Å²) < 4.78 is 54.2. The third-order valence-corrected chi connectivity index (χ3v) is 2.11. The van der Waals surface area contributed by atoms with Gasteiger partial charge in [0.2, 0.25) is 0 Å². The Morgan fingerprint density at radius 3 is 2.38 bits per heavy atom. The highest BCUT2D eigenvalue weighted by Crippen LogP contribution is 2.31. The van der Waals surface area contributed by atoms with E-state index >= 15 is 0 Å². The van der Waals surface area contributed by atoms with Crippen LogP contribution < -0.4 is 4.74 Å². The van der Waals surface area contributed by atoms with Gasteiger partial charge < -0.3 is 4.74 Å². The Bertz CT molecular complexity index is 359. The van der Waals surface area contributed by atoms with Crippen LogP contribution in [0.2, 0.25) is 0 Å². The van der Waals surface area contributed by atoms with E-state index < -0.39 is 18.4 Å². The molecule has 0 bridgehead atoms. The van der Waals surface area contributed by atoms with Crippen LogP contribution >= 0.6 is 0 Å². The molecule has 1 rings (SSSR count). The van der Waals surface area contributed by atoms with E-state index in [0.29, 0.717) is 0 Å². The second-order valence-corrected chi connectivity index (χ2v) is 3.42. The normalized spacial score (nSPS) is 11.9. The van der Waals surface area contributed by atoms with Gasteiger partial charge in [-0.2, -0.15) is 13.2 Å². The number of hydrogen-bond donors (Lipinski definition) is 0. The molecule has 0 aliphatic rings. The maximum Gasteiger partial charge on any atom is 0.389 e. The lowest BCUT2D eigenvalue weighted by molar-refractivity contribution is -0.130. The van der Waals surface area contributed by atoms with Crippen molar-refractivity contribution in [2.45, 2.75) is 19.5 Å². The Morgan fingerprint density at radius 1 is 1.31 bits per heavy atom. The molecule has 0 aliphatic heterocycles. The first-order valence-electron chi connectivity index (χ1n) is 4.56. The number of rotatable bonds is 3. The number of methoxy groups -OCH3 is 1. The summed E-state index contributed by atoms with van der Waals surface area (Å²) in [7, 11) is 1.30. The Morgan fingerprint density at radius 2 is 1.94 bits per heavy atom. The van der Waals surface area contributed by atoms with E-state index in [9.17, 15) is 17.6 Å². The van der Waals surface area contributed by atoms with Gasteiger partial charge in [-0.15, -0.1) is 0 Å². The third-order valence-electron chi connectivity index (χ3n) is 2.11. The standard InChI is InChI=1S/C11H11F4O/c1-7(6-11(13,14)15)8-3-4-10(16-2)9(12)5-8/h3-5H,6H2,1-2H3. The fraction of sp³-hybridized carbons (Fsp3) is 0.364. The topological polar surface area (TPSA) is 9.23 Å². The first-order chi connectivity index (χ1) is 7.33. The predicted molar refractivity (Wildman–Crippen MR) is 51.6 cm³/mol. The van der Waals surface area contributed by atoms with E-state index in [2.05, 4.69) is 4.74 Å². The van der Waals surface area contributed by atoms with Crippen LogP contribution in [-0.4, -0.2) is 13.3 Å². The monoisotopic (exact) mass is 235 g/mol. The molecule has 1 nitrogen and oxygen atoms in total. The number of benzene rings is 1. The third kappa shape index (κ3) is 3.40. The molecule has 0 spiro atoms. The molecular weight excluding hydrogens is 224 g/mol. The van der Waals surface area contributed by atoms with E-state index in [-0.39, 0.29) is 17.2 Å². The van der Waals surface area contributed by atoms with Gasteiger partial charge in [0.25, 0.3) is 0 Å². The fourth-order valence-electron chi connectivity index (χ4n) is 1.33. The van der Waals surface area contributed by atoms with Crippen LogP contribution in [0.1, 0.15) is 18.9 Å². The molecule has 16 heavy (non-hydrogen) atoms. The maximum absolute atomic E-state index is 13.2. The summed E-state index contributed by atoms with van der Waals surface area (Å²) in [4.78, 5) is 0. The molecule has 1 aromatic carbocycles. The minimum atomic E-state index is -4.28. The van der Waals surface area contributed by atoms with Crippen molar-refractivity contribution in [1.82, 2.24) is 0 Å². The second kappa shape index (κ2) is 4.72. The van der Waals surface area contributed by atoms with Crippen molar-refractivity contribution < 1.29 is 22.3 Å². The van der Waals surface area contributed by atoms with Crippen LogP contribution in [0.15, 0.2) is 18.2 Å². The van der Waals surface area contributed by atoms with Crippen molar-refractivity contribution in [3.05, 3.63) is 35.5 Å². The van der Waals surface area contributed by atoms with E-state index in [0.717, 1.165) is 6.07 Å². The Hall–Kier alpha value is -1.26. The molecule has 0 aliphatic carbocycles. The molecule has 1 radical (unpaired) electrons. The van der Waals surface area contributed by atoms with Crippen LogP contribution in [0.25, 0.3) is 0 Å². The van der Waals surface area contributed by atoms with Gasteiger partial charge in [0.05, 0.1) is 13.5 Å². The Labute approximate surface area is 91.0 Å². The lowest BCUT2D eigenvalue weighted by Gasteiger charge is -2.14. The molecule has 0 saturated carbocycles. The molecule has 0 N–H and O–H groups in total. The molecule has 1 aromatic rings. The molecule has 0 saturated heterocycles. The van der Waals surface area contributed by atoms with E-state index in [4.69, 9.17) is 0 Å². The van der Waals surface area contributed by atoms with Crippen molar-refractivity contribution in [2.75, 3.05) is 7.11 Å². The average molecular weight is 235 g/mol. The molecule has 0 unspecified atom stereocenters. The van der Waals surface area contributed by atoms with Gasteiger partial charge >= 0.3 is 6.18 Å². The summed E-state index contributed by atoms with van der Waals surface area (Å²) >= 11 is 0. The van der Waals surface area contributed by atoms with Gasteiger partial charge in [-0.05, 0) is 17.7 Å². The number of alkyl halides is 3. The summed E-state index contributed by atoms with van der Waals surface area (Å²) in [6, 6.07) is 3.76. The molecule has 0 aromatic heterocycles. The summed E-state index contributed by atoms with van der Waals surface area (Å²) in [5, 5.41) is 0. The lowest BCUT2D eigenvalue weighted by Crippen LogP contribution is -2.12. The van der Waals surface area contributed by atoms with Gasteiger partial charge in [0, 0.05) is 5.92 Å². The van der Waals surface area contributed by atoms with Crippen molar-refractivity contribution in [3.63, 3.8) is 0 Å². The first kappa shape index (κ1) is 12.8. The zero-order chi connectivity index (χ0) is 12.3. The van der Waals surface area contributed by atoms with Crippen LogP contribution in [-0.2, 0) is 0 Å². The highest BCUT2D eigenvalue weighted by molar-refractivity contribution is 5.36. The SMILES string of the molecule is COc1ccc([C](C)CC(F)(F)F)cc1F. The highest BCUT2D eigenvalue weighted by Gasteiger charge is 2.31. The Balaban J connectivity index is 2.85. The maximum atomic E-state index is 13.2. The first-order valence-corrected chi connectivity index (χ1v) is 4.56. The van der Waals surface area contributed by atoms with Crippen LogP contribution in [0.5, 0.6) is 5.75 Å². The predicted octanol–water partition coefficient (Wildman–Crippen LogP) is 3.73. The smallest absolute Gasteiger partial charge is 0.389 e. The van der Waals surface area contributed by atoms with Gasteiger partial charge in [0.1, 0.15) is 0 Å². The minimum absolute atomic E-state index is 0.0172. The summed E-state index contributed by atoms with van der Waals surface area (Å²) in [5.74, 6) is -0.570. The molecule has 0 heterocycles. The van der Waals surface area contributed by atoms with Gasteiger partial charge in [0.15, 0.2) is 11.6 Å². The minimum Gasteiger partial charge on any atom is -0.494 e. The quantitative estimate of drug-likeness (QED) is 0.725. The largest absolute Gasteiger partial charge is 0.494 e. The van der Waals surface area contributed by atoms with Gasteiger partial charge in [-0.3, -0.25) is 0 Å². The second-order valence-electron chi connectivity index (χ2n) is 3.42. The van der Waals surface area contributed by atoms with E-state index in [1.165, 1.54) is 26.2 Å². The summed E-state index contributed by atoms with van der Waals surface area (Å²) in [5.41, 5.74) is 0.232. The highest BCUT2D eigenvalue weighted by atomic mass is 19.4. The zero-order valence-corrected chi connectivity index (χ0v) is 8.86. The number of ether oxygens (including phenoxy) is 1. The van der Waals surface area contributed by atoms with Crippen LogP contribution in [0.3, 0.4) is 0 Å². The fourth-order valence-corrected chi connectivity index (χ4v) is 1.33. The van der Waals surface area contributed by atoms with Crippen LogP contribution in [0.4, 0.5) is 17.6 Å². The molecule has 89 valence electrons. The molecule has 0 atom stereocenters.